The summed E-state index contributed by atoms with van der Waals surface area (Å²) in [5.74, 6) is 3.13. The van der Waals surface area contributed by atoms with E-state index in [4.69, 9.17) is 19.4 Å². The van der Waals surface area contributed by atoms with Gasteiger partial charge in [-0.2, -0.15) is 0 Å². The van der Waals surface area contributed by atoms with Gasteiger partial charge in [-0.05, 0) is 47.7 Å². The maximum absolute atomic E-state index is 5.69. The van der Waals surface area contributed by atoms with Crippen molar-refractivity contribution in [2.45, 2.75) is 13.5 Å². The van der Waals surface area contributed by atoms with Gasteiger partial charge >= 0.3 is 0 Å². The summed E-state index contributed by atoms with van der Waals surface area (Å²) in [6.45, 7) is 3.90. The lowest BCUT2D eigenvalue weighted by Crippen LogP contribution is -2.15. The normalized spacial score (nSPS) is 12.9. The van der Waals surface area contributed by atoms with Crippen molar-refractivity contribution in [1.82, 2.24) is 15.0 Å². The van der Waals surface area contributed by atoms with Crippen LogP contribution in [0.4, 0.5) is 5.82 Å². The Morgan fingerprint density at radius 3 is 2.71 bits per heavy atom. The first-order valence-electron chi connectivity index (χ1n) is 9.06. The van der Waals surface area contributed by atoms with Crippen LogP contribution in [0.2, 0.25) is 0 Å². The highest BCUT2D eigenvalue weighted by atomic mass is 32.1. The third kappa shape index (κ3) is 3.14. The number of pyridine rings is 1. The lowest BCUT2D eigenvalue weighted by molar-refractivity contribution is 0.171. The summed E-state index contributed by atoms with van der Waals surface area (Å²) < 4.78 is 11.3. The molecule has 5 rings (SSSR count). The van der Waals surface area contributed by atoms with Crippen molar-refractivity contribution >= 4 is 27.4 Å². The Bertz CT molecular complexity index is 1140. The van der Waals surface area contributed by atoms with Crippen LogP contribution in [0, 0.1) is 6.92 Å². The first-order valence-corrected chi connectivity index (χ1v) is 9.94. The summed E-state index contributed by atoms with van der Waals surface area (Å²) in [6.07, 6.45) is 3.51. The van der Waals surface area contributed by atoms with E-state index >= 15 is 0 Å². The molecule has 1 aliphatic heterocycles. The number of benzene rings is 1. The molecule has 0 spiro atoms. The summed E-state index contributed by atoms with van der Waals surface area (Å²) in [5.41, 5.74) is 3.23. The van der Waals surface area contributed by atoms with Crippen LogP contribution in [0.15, 0.2) is 48.1 Å². The van der Waals surface area contributed by atoms with Crippen molar-refractivity contribution in [3.05, 3.63) is 59.2 Å². The number of rotatable bonds is 4. The molecule has 0 aliphatic carbocycles. The number of thiophene rings is 1. The third-order valence-electron chi connectivity index (χ3n) is 4.62. The topological polar surface area (TPSA) is 69.2 Å². The van der Waals surface area contributed by atoms with Gasteiger partial charge in [-0.15, -0.1) is 11.3 Å². The van der Waals surface area contributed by atoms with Crippen LogP contribution in [0.1, 0.15) is 11.1 Å². The van der Waals surface area contributed by atoms with Gasteiger partial charge in [-0.25, -0.2) is 9.97 Å². The standard InChI is InChI=1S/C21H18N4O2S/c1-13-12-28-21-18(13)20(24-19(25-21)15-4-6-22-7-5-15)23-11-14-2-3-16-17(10-14)27-9-8-26-16/h2-7,10,12H,8-9,11H2,1H3,(H,23,24,25). The highest BCUT2D eigenvalue weighted by Gasteiger charge is 2.15. The fourth-order valence-electron chi connectivity index (χ4n) is 3.23. The molecule has 0 saturated carbocycles. The maximum Gasteiger partial charge on any atom is 0.163 e. The van der Waals surface area contributed by atoms with Gasteiger partial charge in [0.25, 0.3) is 0 Å². The predicted octanol–water partition coefficient (Wildman–Crippen LogP) is 4.45. The van der Waals surface area contributed by atoms with Gasteiger partial charge in [0.15, 0.2) is 17.3 Å². The molecule has 1 aromatic carbocycles. The zero-order chi connectivity index (χ0) is 18.9. The monoisotopic (exact) mass is 390 g/mol. The number of hydrogen-bond acceptors (Lipinski definition) is 7. The molecular weight excluding hydrogens is 372 g/mol. The smallest absolute Gasteiger partial charge is 0.163 e. The van der Waals surface area contributed by atoms with Crippen molar-refractivity contribution in [3.63, 3.8) is 0 Å². The molecule has 3 aromatic heterocycles. The Kier molecular flexibility index (Phi) is 4.29. The molecule has 0 unspecified atom stereocenters. The van der Waals surface area contributed by atoms with Crippen LogP contribution in [0.25, 0.3) is 21.6 Å². The summed E-state index contributed by atoms with van der Waals surface area (Å²) in [4.78, 5) is 14.6. The van der Waals surface area contributed by atoms with Crippen LogP contribution in [-0.2, 0) is 6.54 Å². The third-order valence-corrected chi connectivity index (χ3v) is 5.61. The summed E-state index contributed by atoms with van der Waals surface area (Å²) in [6, 6.07) is 9.87. The first kappa shape index (κ1) is 16.9. The van der Waals surface area contributed by atoms with E-state index in [2.05, 4.69) is 22.6 Å². The zero-order valence-electron chi connectivity index (χ0n) is 15.3. The number of aromatic nitrogens is 3. The molecule has 6 nitrogen and oxygen atoms in total. The number of fused-ring (bicyclic) bond motifs is 2. The van der Waals surface area contributed by atoms with Gasteiger partial charge in [0.05, 0.1) is 5.39 Å². The fourth-order valence-corrected chi connectivity index (χ4v) is 4.15. The molecule has 140 valence electrons. The Labute approximate surface area is 166 Å². The van der Waals surface area contributed by atoms with Crippen molar-refractivity contribution in [2.75, 3.05) is 18.5 Å². The van der Waals surface area contributed by atoms with E-state index in [0.717, 1.165) is 38.7 Å². The number of nitrogens with zero attached hydrogens (tertiary/aromatic N) is 3. The van der Waals surface area contributed by atoms with Gasteiger partial charge < -0.3 is 14.8 Å². The van der Waals surface area contributed by atoms with Crippen LogP contribution < -0.4 is 14.8 Å². The second-order valence-corrected chi connectivity index (χ2v) is 7.42. The van der Waals surface area contributed by atoms with Crippen LogP contribution in [0.5, 0.6) is 11.5 Å². The molecule has 0 saturated heterocycles. The Morgan fingerprint density at radius 2 is 1.86 bits per heavy atom. The summed E-state index contributed by atoms with van der Waals surface area (Å²) >= 11 is 1.63. The average Bonchev–Trinajstić information content (AvgIpc) is 3.13. The Balaban J connectivity index is 1.48. The van der Waals surface area contributed by atoms with E-state index in [1.165, 1.54) is 5.56 Å². The summed E-state index contributed by atoms with van der Waals surface area (Å²) in [5, 5.41) is 6.68. The quantitative estimate of drug-likeness (QED) is 0.555. The van der Waals surface area contributed by atoms with Crippen molar-refractivity contribution in [3.8, 4) is 22.9 Å². The highest BCUT2D eigenvalue weighted by molar-refractivity contribution is 7.17. The van der Waals surface area contributed by atoms with E-state index in [1.807, 2.05) is 30.3 Å². The largest absolute Gasteiger partial charge is 0.486 e. The molecule has 0 bridgehead atoms. The van der Waals surface area contributed by atoms with Gasteiger partial charge in [0, 0.05) is 24.5 Å². The second-order valence-electron chi connectivity index (χ2n) is 6.56. The van der Waals surface area contributed by atoms with E-state index in [9.17, 15) is 0 Å². The number of ether oxygens (including phenoxy) is 2. The molecule has 4 aromatic rings. The van der Waals surface area contributed by atoms with Gasteiger partial charge in [0.1, 0.15) is 23.9 Å². The molecular formula is C21H18N4O2S. The lowest BCUT2D eigenvalue weighted by Gasteiger charge is -2.19. The van der Waals surface area contributed by atoms with Crippen molar-refractivity contribution in [2.24, 2.45) is 0 Å². The molecule has 0 atom stereocenters. The zero-order valence-corrected chi connectivity index (χ0v) is 16.1. The minimum Gasteiger partial charge on any atom is -0.486 e. The van der Waals surface area contributed by atoms with E-state index in [0.29, 0.717) is 25.6 Å². The van der Waals surface area contributed by atoms with Crippen LogP contribution in [0.3, 0.4) is 0 Å². The predicted molar refractivity (Wildman–Crippen MR) is 110 cm³/mol. The van der Waals surface area contributed by atoms with Crippen LogP contribution in [-0.4, -0.2) is 28.2 Å². The Morgan fingerprint density at radius 1 is 1.04 bits per heavy atom. The first-order chi connectivity index (χ1) is 13.8. The fraction of sp³-hybridized carbons (Fsp3) is 0.190. The molecule has 1 N–H and O–H groups in total. The SMILES string of the molecule is Cc1csc2nc(-c3ccncc3)nc(NCc3ccc4c(c3)OCCO4)c12. The molecule has 7 heteroatoms. The van der Waals surface area contributed by atoms with Gasteiger partial charge in [0.2, 0.25) is 0 Å². The average molecular weight is 390 g/mol. The lowest BCUT2D eigenvalue weighted by atomic mass is 10.2. The van der Waals surface area contributed by atoms with Crippen molar-refractivity contribution in [1.29, 1.82) is 0 Å². The minimum atomic E-state index is 0.583. The highest BCUT2D eigenvalue weighted by Crippen LogP contribution is 2.33. The molecule has 4 heterocycles. The van der Waals surface area contributed by atoms with Gasteiger partial charge in [-0.3, -0.25) is 4.98 Å². The number of hydrogen-bond donors (Lipinski definition) is 1. The molecule has 28 heavy (non-hydrogen) atoms. The molecule has 0 fully saturated rings. The summed E-state index contributed by atoms with van der Waals surface area (Å²) in [7, 11) is 0. The number of aryl methyl sites for hydroxylation is 1. The maximum atomic E-state index is 5.69. The van der Waals surface area contributed by atoms with Crippen LogP contribution >= 0.6 is 11.3 Å². The van der Waals surface area contributed by atoms with E-state index in [-0.39, 0.29) is 0 Å². The number of nitrogens with one attached hydrogen (secondary N) is 1. The number of anilines is 1. The molecule has 1 aliphatic rings. The Hall–Kier alpha value is -3.19. The molecule has 0 radical (unpaired) electrons. The second kappa shape index (κ2) is 7.09. The van der Waals surface area contributed by atoms with E-state index < -0.39 is 0 Å². The van der Waals surface area contributed by atoms with E-state index in [1.54, 1.807) is 23.7 Å². The van der Waals surface area contributed by atoms with Gasteiger partial charge in [-0.1, -0.05) is 6.07 Å². The minimum absolute atomic E-state index is 0.583. The molecule has 0 amide bonds. The van der Waals surface area contributed by atoms with Crippen molar-refractivity contribution < 1.29 is 9.47 Å².